The number of ether oxygens (including phenoxy) is 3. The highest BCUT2D eigenvalue weighted by atomic mass is 16.7. The molecule has 0 aliphatic carbocycles. The van der Waals surface area contributed by atoms with Crippen molar-refractivity contribution >= 4 is 0 Å². The van der Waals surface area contributed by atoms with Crippen LogP contribution in [0.2, 0.25) is 0 Å². The zero-order valence-corrected chi connectivity index (χ0v) is 19.1. The van der Waals surface area contributed by atoms with Gasteiger partial charge in [-0.2, -0.15) is 0 Å². The zero-order chi connectivity index (χ0) is 21.4. The van der Waals surface area contributed by atoms with Gasteiger partial charge in [-0.15, -0.1) is 0 Å². The van der Waals surface area contributed by atoms with Gasteiger partial charge in [-0.05, 0) is 73.4 Å². The summed E-state index contributed by atoms with van der Waals surface area (Å²) >= 11 is 0. The summed E-state index contributed by atoms with van der Waals surface area (Å²) in [6.07, 6.45) is 0.794. The molecule has 2 aromatic rings. The summed E-state index contributed by atoms with van der Waals surface area (Å²) in [5, 5.41) is 0. The molecule has 0 amide bonds. The van der Waals surface area contributed by atoms with Crippen LogP contribution in [-0.4, -0.2) is 19.0 Å². The van der Waals surface area contributed by atoms with Crippen LogP contribution in [0.1, 0.15) is 77.8 Å². The minimum absolute atomic E-state index is 0.137. The van der Waals surface area contributed by atoms with Crippen LogP contribution in [0.4, 0.5) is 0 Å². The second-order valence-electron chi connectivity index (χ2n) is 8.74. The lowest BCUT2D eigenvalue weighted by Crippen LogP contribution is -2.23. The minimum atomic E-state index is -0.276. The van der Waals surface area contributed by atoms with Gasteiger partial charge in [0.1, 0.15) is 11.5 Å². The van der Waals surface area contributed by atoms with Crippen molar-refractivity contribution < 1.29 is 14.2 Å². The summed E-state index contributed by atoms with van der Waals surface area (Å²) in [6.45, 7) is 15.7. The molecule has 0 spiro atoms. The normalized spacial score (nSPS) is 14.7. The lowest BCUT2D eigenvalue weighted by atomic mass is 10.0. The average Bonchev–Trinajstić information content (AvgIpc) is 2.67. The fourth-order valence-corrected chi connectivity index (χ4v) is 3.30. The Balaban J connectivity index is 1.71. The van der Waals surface area contributed by atoms with Crippen LogP contribution in [0.15, 0.2) is 48.5 Å². The summed E-state index contributed by atoms with van der Waals surface area (Å²) < 4.78 is 17.8. The molecule has 0 aliphatic heterocycles. The Morgan fingerprint density at radius 2 is 1.07 bits per heavy atom. The molecule has 0 fully saturated rings. The van der Waals surface area contributed by atoms with Gasteiger partial charge in [0.05, 0.1) is 12.7 Å². The number of hydrogen-bond donors (Lipinski definition) is 0. The fraction of sp³-hybridized carbons (Fsp3) is 0.538. The van der Waals surface area contributed by atoms with E-state index in [0.717, 1.165) is 17.9 Å². The van der Waals surface area contributed by atoms with Crippen LogP contribution >= 0.6 is 0 Å². The van der Waals surface area contributed by atoms with Crippen LogP contribution in [0.3, 0.4) is 0 Å². The number of hydrogen-bond acceptors (Lipinski definition) is 3. The molecule has 2 aromatic carbocycles. The first-order valence-corrected chi connectivity index (χ1v) is 10.9. The molecular formula is C26H38O3. The van der Waals surface area contributed by atoms with Crippen molar-refractivity contribution in [3.8, 4) is 11.5 Å². The van der Waals surface area contributed by atoms with Crippen molar-refractivity contribution in [3.63, 3.8) is 0 Å². The van der Waals surface area contributed by atoms with E-state index in [2.05, 4.69) is 77.9 Å². The monoisotopic (exact) mass is 398 g/mol. The predicted octanol–water partition coefficient (Wildman–Crippen LogP) is 7.17. The van der Waals surface area contributed by atoms with E-state index in [0.29, 0.717) is 24.4 Å². The maximum Gasteiger partial charge on any atom is 0.196 e. The van der Waals surface area contributed by atoms with Gasteiger partial charge in [0, 0.05) is 0 Å². The van der Waals surface area contributed by atoms with Gasteiger partial charge in [-0.25, -0.2) is 0 Å². The molecule has 0 heterocycles. The molecule has 160 valence electrons. The van der Waals surface area contributed by atoms with Crippen LogP contribution in [0.25, 0.3) is 0 Å². The Hall–Kier alpha value is -2.00. The lowest BCUT2D eigenvalue weighted by molar-refractivity contribution is -0.0799. The topological polar surface area (TPSA) is 27.7 Å². The van der Waals surface area contributed by atoms with Crippen molar-refractivity contribution in [3.05, 3.63) is 59.7 Å². The van der Waals surface area contributed by atoms with Gasteiger partial charge >= 0.3 is 0 Å². The third kappa shape index (κ3) is 8.10. The molecule has 3 heteroatoms. The molecule has 2 rings (SSSR count). The van der Waals surface area contributed by atoms with E-state index in [4.69, 9.17) is 14.2 Å². The van der Waals surface area contributed by atoms with E-state index in [1.807, 2.05) is 19.1 Å². The summed E-state index contributed by atoms with van der Waals surface area (Å²) in [4.78, 5) is 0. The number of rotatable bonds is 11. The average molecular weight is 399 g/mol. The molecular weight excluding hydrogens is 360 g/mol. The van der Waals surface area contributed by atoms with E-state index in [1.54, 1.807) is 0 Å². The summed E-state index contributed by atoms with van der Waals surface area (Å²) in [5.74, 6) is 3.22. The standard InChI is InChI=1S/C26H38O3/c1-18(2)23-8-12-25(13-9-23)28-21(6)16-20(5)17-27-22(7)29-26-14-10-24(11-15-26)19(3)4/h8-15,18-22H,16-17H2,1-7H3. The van der Waals surface area contributed by atoms with Gasteiger partial charge in [0.15, 0.2) is 6.29 Å². The lowest BCUT2D eigenvalue weighted by Gasteiger charge is -2.22. The maximum absolute atomic E-state index is 6.07. The van der Waals surface area contributed by atoms with Crippen LogP contribution < -0.4 is 9.47 Å². The van der Waals surface area contributed by atoms with E-state index in [1.165, 1.54) is 11.1 Å². The van der Waals surface area contributed by atoms with E-state index < -0.39 is 0 Å². The Morgan fingerprint density at radius 3 is 1.52 bits per heavy atom. The molecule has 0 bridgehead atoms. The van der Waals surface area contributed by atoms with Crippen molar-refractivity contribution in [2.45, 2.75) is 79.1 Å². The highest BCUT2D eigenvalue weighted by Crippen LogP contribution is 2.22. The number of benzene rings is 2. The largest absolute Gasteiger partial charge is 0.491 e. The van der Waals surface area contributed by atoms with Crippen molar-refractivity contribution in [2.75, 3.05) is 6.61 Å². The molecule has 0 aromatic heterocycles. The highest BCUT2D eigenvalue weighted by molar-refractivity contribution is 5.29. The second-order valence-corrected chi connectivity index (χ2v) is 8.74. The van der Waals surface area contributed by atoms with Gasteiger partial charge in [-0.1, -0.05) is 58.9 Å². The molecule has 0 N–H and O–H groups in total. The Bertz CT molecular complexity index is 704. The first kappa shape index (κ1) is 23.3. The van der Waals surface area contributed by atoms with E-state index >= 15 is 0 Å². The van der Waals surface area contributed by atoms with Crippen LogP contribution in [0, 0.1) is 5.92 Å². The smallest absolute Gasteiger partial charge is 0.196 e. The van der Waals surface area contributed by atoms with Gasteiger partial charge < -0.3 is 14.2 Å². The van der Waals surface area contributed by atoms with Crippen molar-refractivity contribution in [1.82, 2.24) is 0 Å². The van der Waals surface area contributed by atoms with Crippen LogP contribution in [0.5, 0.6) is 11.5 Å². The predicted molar refractivity (Wildman–Crippen MR) is 121 cm³/mol. The second kappa shape index (κ2) is 11.3. The minimum Gasteiger partial charge on any atom is -0.491 e. The maximum atomic E-state index is 6.07. The molecule has 0 radical (unpaired) electrons. The fourth-order valence-electron chi connectivity index (χ4n) is 3.30. The first-order valence-electron chi connectivity index (χ1n) is 10.9. The van der Waals surface area contributed by atoms with Crippen molar-refractivity contribution in [2.24, 2.45) is 5.92 Å². The molecule has 3 atom stereocenters. The molecule has 3 nitrogen and oxygen atoms in total. The Labute approximate surface area is 177 Å². The van der Waals surface area contributed by atoms with Gasteiger partial charge in [0.2, 0.25) is 0 Å². The SMILES string of the molecule is CC(COC(C)Oc1ccc(C(C)C)cc1)CC(C)Oc1ccc(C(C)C)cc1. The summed E-state index contributed by atoms with van der Waals surface area (Å²) in [5.41, 5.74) is 2.65. The third-order valence-corrected chi connectivity index (χ3v) is 5.08. The molecule has 0 saturated heterocycles. The summed E-state index contributed by atoms with van der Waals surface area (Å²) in [7, 11) is 0. The molecule has 0 saturated carbocycles. The third-order valence-electron chi connectivity index (χ3n) is 5.08. The van der Waals surface area contributed by atoms with Crippen molar-refractivity contribution in [1.29, 1.82) is 0 Å². The van der Waals surface area contributed by atoms with Gasteiger partial charge in [0.25, 0.3) is 0 Å². The first-order chi connectivity index (χ1) is 13.7. The molecule has 3 unspecified atom stereocenters. The van der Waals surface area contributed by atoms with Gasteiger partial charge in [-0.3, -0.25) is 0 Å². The highest BCUT2D eigenvalue weighted by Gasteiger charge is 2.13. The van der Waals surface area contributed by atoms with E-state index in [9.17, 15) is 0 Å². The summed E-state index contributed by atoms with van der Waals surface area (Å²) in [6, 6.07) is 16.7. The van der Waals surface area contributed by atoms with E-state index in [-0.39, 0.29) is 12.4 Å². The Kier molecular flexibility index (Phi) is 9.03. The molecule has 29 heavy (non-hydrogen) atoms. The van der Waals surface area contributed by atoms with Crippen LogP contribution in [-0.2, 0) is 4.74 Å². The zero-order valence-electron chi connectivity index (χ0n) is 19.1. The quantitative estimate of drug-likeness (QED) is 0.376. The Morgan fingerprint density at radius 1 is 0.621 bits per heavy atom. The molecule has 0 aliphatic rings.